The molecule has 0 fully saturated rings. The van der Waals surface area contributed by atoms with E-state index >= 15 is 0 Å². The van der Waals surface area contributed by atoms with Crippen LogP contribution in [0, 0.1) is 14.7 Å². The number of rotatable bonds is 0. The number of nitrogens with zero attached hydrogens (tertiary/aromatic N) is 3. The van der Waals surface area contributed by atoms with Gasteiger partial charge >= 0.3 is 0 Å². The molecule has 0 rings (SSSR count). The maximum Gasteiger partial charge on any atom is 0.174 e. The van der Waals surface area contributed by atoms with Crippen molar-refractivity contribution in [1.29, 1.82) is 0 Å². The number of hydrogen-bond donors (Lipinski definition) is 3. The Morgan fingerprint density at radius 1 is 0.818 bits per heavy atom. The van der Waals surface area contributed by atoms with E-state index in [1.54, 1.807) is 0 Å². The molecule has 0 aromatic heterocycles. The number of halogens is 1. The predicted molar refractivity (Wildman–Crippen MR) is 34.4 cm³/mol. The predicted octanol–water partition coefficient (Wildman–Crippen LogP) is 0.735. The summed E-state index contributed by atoms with van der Waals surface area (Å²) in [6.07, 6.45) is 0. The quantitative estimate of drug-likeness (QED) is 0.229. The monoisotopic (exact) mass is 204 g/mol. The van der Waals surface area contributed by atoms with Crippen LogP contribution in [0.1, 0.15) is 0 Å². The van der Waals surface area contributed by atoms with E-state index in [-0.39, 0.29) is 0 Å². The van der Waals surface area contributed by atoms with Gasteiger partial charge in [-0.05, 0) is 0 Å². The van der Waals surface area contributed by atoms with Gasteiger partial charge in [-0.15, -0.1) is 14.7 Å². The second kappa shape index (κ2) is 178. The van der Waals surface area contributed by atoms with E-state index in [4.69, 9.17) is 30.3 Å². The SMILES string of the molecule is O=NO.O=NO.O=NO.[Si]Cl. The maximum absolute atomic E-state index is 8.11. The summed E-state index contributed by atoms with van der Waals surface area (Å²) in [5.41, 5.74) is 0. The lowest BCUT2D eigenvalue weighted by Crippen LogP contribution is -1.25. The molecule has 0 amide bonds. The first-order valence-electron chi connectivity index (χ1n) is 1.34. The molecule has 9 nitrogen and oxygen atoms in total. The third kappa shape index (κ3) is 234. The summed E-state index contributed by atoms with van der Waals surface area (Å²) in [5, 5.41) is 23.7. The van der Waals surface area contributed by atoms with Crippen molar-refractivity contribution in [3.05, 3.63) is 14.7 Å². The Bertz CT molecular complexity index is 54.6. The van der Waals surface area contributed by atoms with E-state index in [2.05, 4.69) is 20.6 Å². The van der Waals surface area contributed by atoms with E-state index in [1.807, 2.05) is 0 Å². The van der Waals surface area contributed by atoms with Gasteiger partial charge in [0.2, 0.25) is 0 Å². The van der Waals surface area contributed by atoms with Crippen molar-refractivity contribution in [2.75, 3.05) is 0 Å². The smallest absolute Gasteiger partial charge is 0.174 e. The second-order valence-corrected chi connectivity index (χ2v) is 0.245. The largest absolute Gasteiger partial charge is 0.379 e. The highest BCUT2D eigenvalue weighted by molar-refractivity contribution is 6.80. The molecular formula is H3ClN3O6Si. The molecular weight excluding hydrogens is 202 g/mol. The summed E-state index contributed by atoms with van der Waals surface area (Å²) in [6, 6.07) is 0. The van der Waals surface area contributed by atoms with Gasteiger partial charge in [0.05, 0.1) is 0 Å². The van der Waals surface area contributed by atoms with Crippen molar-refractivity contribution in [3.63, 3.8) is 0 Å². The zero-order chi connectivity index (χ0) is 10.1. The molecule has 0 saturated heterocycles. The summed E-state index contributed by atoms with van der Waals surface area (Å²) in [7, 11) is 2.44. The van der Waals surface area contributed by atoms with Gasteiger partial charge in [0.15, 0.2) is 25.6 Å². The van der Waals surface area contributed by atoms with E-state index in [1.165, 1.54) is 16.0 Å². The standard InChI is InChI=1S/ClSi.3HNO2/c1-2;3*2-1-3/h;3*(H,2,3). The van der Waals surface area contributed by atoms with Crippen molar-refractivity contribution in [2.24, 2.45) is 16.0 Å². The molecule has 0 aliphatic rings. The first kappa shape index (κ1) is 22.6. The zero-order valence-electron chi connectivity index (χ0n) is 4.79. The Morgan fingerprint density at radius 2 is 0.818 bits per heavy atom. The average Bonchev–Trinajstić information content (AvgIpc) is 1.96. The van der Waals surface area contributed by atoms with Crippen LogP contribution < -0.4 is 0 Å². The van der Waals surface area contributed by atoms with Crippen LogP contribution in [-0.2, 0) is 0 Å². The third-order valence-corrected chi connectivity index (χ3v) is 0. The highest BCUT2D eigenvalue weighted by Gasteiger charge is 1.19. The van der Waals surface area contributed by atoms with Gasteiger partial charge in [0, 0.05) is 0 Å². The van der Waals surface area contributed by atoms with Crippen molar-refractivity contribution in [1.82, 2.24) is 0 Å². The molecule has 3 radical (unpaired) electrons. The fraction of sp³-hybridized carbons (Fsp3) is 0. The van der Waals surface area contributed by atoms with Crippen LogP contribution in [0.3, 0.4) is 0 Å². The van der Waals surface area contributed by atoms with Crippen LogP contribution in [0.4, 0.5) is 0 Å². The van der Waals surface area contributed by atoms with Gasteiger partial charge in [-0.25, -0.2) is 0 Å². The highest BCUT2D eigenvalue weighted by Crippen LogP contribution is 1.29. The van der Waals surface area contributed by atoms with E-state index in [0.717, 1.165) is 0 Å². The second-order valence-electron chi connectivity index (χ2n) is 0.245. The van der Waals surface area contributed by atoms with Crippen LogP contribution >= 0.6 is 11.1 Å². The molecule has 65 valence electrons. The lowest BCUT2D eigenvalue weighted by molar-refractivity contribution is 0.312. The first-order chi connectivity index (χ1) is 5.24. The molecule has 11 heavy (non-hydrogen) atoms. The molecule has 0 heterocycles. The number of hydrogen-bond acceptors (Lipinski definition) is 6. The topological polar surface area (TPSA) is 149 Å². The van der Waals surface area contributed by atoms with E-state index in [0.29, 0.717) is 0 Å². The van der Waals surface area contributed by atoms with E-state index in [9.17, 15) is 0 Å². The molecule has 0 aromatic rings. The molecule has 0 spiro atoms. The normalized spacial score (nSPS) is 3.82. The van der Waals surface area contributed by atoms with Crippen LogP contribution in [0.5, 0.6) is 0 Å². The van der Waals surface area contributed by atoms with Gasteiger partial charge in [0.25, 0.3) is 0 Å². The van der Waals surface area contributed by atoms with Crippen LogP contribution in [-0.4, -0.2) is 25.2 Å². The zero-order valence-corrected chi connectivity index (χ0v) is 6.54. The maximum atomic E-state index is 8.11. The molecule has 11 heteroatoms. The summed E-state index contributed by atoms with van der Waals surface area (Å²) in [4.78, 5) is 24.3. The lowest BCUT2D eigenvalue weighted by Gasteiger charge is -1.32. The molecule has 0 bridgehead atoms. The van der Waals surface area contributed by atoms with Gasteiger partial charge in [-0.1, -0.05) is 0 Å². The summed E-state index contributed by atoms with van der Waals surface area (Å²) in [6.45, 7) is 0. The van der Waals surface area contributed by atoms with Gasteiger partial charge in [-0.2, -0.15) is 11.1 Å². The average molecular weight is 205 g/mol. The fourth-order valence-electron chi connectivity index (χ4n) is 0. The van der Waals surface area contributed by atoms with E-state index < -0.39 is 0 Å². The molecule has 3 N–H and O–H groups in total. The molecule has 0 aliphatic heterocycles. The Labute approximate surface area is 67.9 Å². The Hall–Kier alpha value is -1.29. The highest BCUT2D eigenvalue weighted by atomic mass is 35.6. The van der Waals surface area contributed by atoms with Gasteiger partial charge < -0.3 is 15.6 Å². The van der Waals surface area contributed by atoms with Crippen LogP contribution in [0.2, 0.25) is 0 Å². The Kier molecular flexibility index (Phi) is 365. The molecule has 0 saturated carbocycles. The van der Waals surface area contributed by atoms with Crippen LogP contribution in [0.25, 0.3) is 0 Å². The van der Waals surface area contributed by atoms with Crippen molar-refractivity contribution in [3.8, 4) is 0 Å². The van der Waals surface area contributed by atoms with Gasteiger partial charge in [-0.3, -0.25) is 0 Å². The van der Waals surface area contributed by atoms with Crippen molar-refractivity contribution in [2.45, 2.75) is 0 Å². The molecule has 0 unspecified atom stereocenters. The van der Waals surface area contributed by atoms with Crippen LogP contribution in [0.15, 0.2) is 16.0 Å². The Morgan fingerprint density at radius 3 is 0.818 bits per heavy atom. The summed E-state index contributed by atoms with van der Waals surface area (Å²) >= 11 is 4.44. The summed E-state index contributed by atoms with van der Waals surface area (Å²) in [5.74, 6) is 0. The minimum atomic E-state index is 1.25. The van der Waals surface area contributed by atoms with Gasteiger partial charge in [0.1, 0.15) is 0 Å². The lowest BCUT2D eigenvalue weighted by atomic mass is 13.4. The summed E-state index contributed by atoms with van der Waals surface area (Å²) < 4.78 is 0. The minimum absolute atomic E-state index is 1.25. The minimum Gasteiger partial charge on any atom is -0.379 e. The molecule has 0 aliphatic carbocycles. The van der Waals surface area contributed by atoms with Crippen molar-refractivity contribution >= 4 is 20.6 Å². The first-order valence-corrected chi connectivity index (χ1v) is 2.85. The third-order valence-electron chi connectivity index (χ3n) is 0. The molecule has 0 aromatic carbocycles. The van der Waals surface area contributed by atoms with Crippen molar-refractivity contribution < 1.29 is 15.6 Å². The molecule has 0 atom stereocenters. The fourth-order valence-corrected chi connectivity index (χ4v) is 0. The Balaban J connectivity index is -0.0000000301.